The molecule has 4 nitrogen and oxygen atoms in total. The van der Waals surface area contributed by atoms with Crippen molar-refractivity contribution in [1.82, 2.24) is 10.2 Å². The lowest BCUT2D eigenvalue weighted by molar-refractivity contribution is 0.0994. The molecule has 2 aromatic rings. The Morgan fingerprint density at radius 1 is 1.37 bits per heavy atom. The first-order chi connectivity index (χ1) is 9.10. The van der Waals surface area contributed by atoms with Crippen molar-refractivity contribution in [3.63, 3.8) is 0 Å². The summed E-state index contributed by atoms with van der Waals surface area (Å²) in [5, 5.41) is 11.5. The van der Waals surface area contributed by atoms with Gasteiger partial charge < -0.3 is 5.32 Å². The van der Waals surface area contributed by atoms with Crippen molar-refractivity contribution in [2.45, 2.75) is 16.5 Å². The number of nitrogens with zero attached hydrogens (tertiary/aromatic N) is 2. The van der Waals surface area contributed by atoms with Crippen molar-refractivity contribution >= 4 is 49.9 Å². The van der Waals surface area contributed by atoms with Crippen molar-refractivity contribution < 1.29 is 4.79 Å². The highest BCUT2D eigenvalue weighted by atomic mass is 79.9. The van der Waals surface area contributed by atoms with Gasteiger partial charge in [0.05, 0.1) is 5.25 Å². The van der Waals surface area contributed by atoms with Crippen LogP contribution < -0.4 is 5.32 Å². The minimum absolute atomic E-state index is 0.0960. The molecule has 0 saturated heterocycles. The molecule has 0 saturated carbocycles. The number of benzene rings is 1. The van der Waals surface area contributed by atoms with Crippen LogP contribution in [0.1, 0.15) is 17.3 Å². The van der Waals surface area contributed by atoms with E-state index in [-0.39, 0.29) is 11.0 Å². The van der Waals surface area contributed by atoms with E-state index in [4.69, 9.17) is 0 Å². The number of hydrogen-bond acceptors (Lipinski definition) is 6. The molecule has 0 bridgehead atoms. The molecule has 100 valence electrons. The zero-order chi connectivity index (χ0) is 13.8. The number of nitrogens with one attached hydrogen (secondary N) is 1. The molecule has 0 aliphatic carbocycles. The standard InChI is InChI=1S/C12H12BrN3OS2/c1-7(18-12-16-15-11(14-2)19-12)10(17)8-3-5-9(13)6-4-8/h3-7H,1-2H3,(H,14,15). The molecule has 1 aromatic carbocycles. The molecule has 0 spiro atoms. The molecule has 0 amide bonds. The summed E-state index contributed by atoms with van der Waals surface area (Å²) in [5.74, 6) is 0.0960. The predicted octanol–water partition coefficient (Wildman–Crippen LogP) is 3.71. The SMILES string of the molecule is CNc1nnc(SC(C)C(=O)c2ccc(Br)cc2)s1. The van der Waals surface area contributed by atoms with Crippen LogP contribution in [0.3, 0.4) is 0 Å². The van der Waals surface area contributed by atoms with Crippen LogP contribution in [0.2, 0.25) is 0 Å². The molecule has 2 rings (SSSR count). The second kappa shape index (κ2) is 6.49. The van der Waals surface area contributed by atoms with Crippen molar-refractivity contribution in [2.24, 2.45) is 0 Å². The third kappa shape index (κ3) is 3.77. The molecule has 1 atom stereocenters. The summed E-state index contributed by atoms with van der Waals surface area (Å²) < 4.78 is 1.76. The Morgan fingerprint density at radius 3 is 2.63 bits per heavy atom. The van der Waals surface area contributed by atoms with Crippen LogP contribution in [0.25, 0.3) is 0 Å². The summed E-state index contributed by atoms with van der Waals surface area (Å²) in [7, 11) is 1.80. The van der Waals surface area contributed by atoms with Gasteiger partial charge in [0.2, 0.25) is 5.13 Å². The molecule has 7 heteroatoms. The number of Topliss-reactive ketones (excluding diaryl/α,β-unsaturated/α-hetero) is 1. The first-order valence-electron chi connectivity index (χ1n) is 5.58. The van der Waals surface area contributed by atoms with E-state index in [9.17, 15) is 4.79 Å². The van der Waals surface area contributed by atoms with E-state index in [1.54, 1.807) is 7.05 Å². The maximum absolute atomic E-state index is 12.2. The van der Waals surface area contributed by atoms with Crippen LogP contribution in [-0.2, 0) is 0 Å². The smallest absolute Gasteiger partial charge is 0.206 e. The lowest BCUT2D eigenvalue weighted by Crippen LogP contribution is -2.13. The second-order valence-corrected chi connectivity index (χ2v) is 7.24. The first-order valence-corrected chi connectivity index (χ1v) is 8.06. The van der Waals surface area contributed by atoms with Gasteiger partial charge in [-0.15, -0.1) is 10.2 Å². The van der Waals surface area contributed by atoms with E-state index in [1.165, 1.54) is 23.1 Å². The number of carbonyl (C=O) groups is 1. The normalized spacial score (nSPS) is 12.2. The number of ketones is 1. The first kappa shape index (κ1) is 14.5. The summed E-state index contributed by atoms with van der Waals surface area (Å²) >= 11 is 6.23. The lowest BCUT2D eigenvalue weighted by Gasteiger charge is -2.07. The topological polar surface area (TPSA) is 54.9 Å². The van der Waals surface area contributed by atoms with Crippen molar-refractivity contribution in [3.05, 3.63) is 34.3 Å². The van der Waals surface area contributed by atoms with E-state index >= 15 is 0 Å². The number of carbonyl (C=O) groups excluding carboxylic acids is 1. The van der Waals surface area contributed by atoms with Crippen LogP contribution >= 0.6 is 39.0 Å². The molecular weight excluding hydrogens is 346 g/mol. The Labute approximate surface area is 128 Å². The van der Waals surface area contributed by atoms with Gasteiger partial charge in [0.15, 0.2) is 10.1 Å². The molecule has 1 aromatic heterocycles. The van der Waals surface area contributed by atoms with E-state index in [0.717, 1.165) is 13.9 Å². The second-order valence-electron chi connectivity index (χ2n) is 3.75. The number of anilines is 1. The third-order valence-electron chi connectivity index (χ3n) is 2.40. The van der Waals surface area contributed by atoms with Gasteiger partial charge in [-0.1, -0.05) is 51.2 Å². The zero-order valence-corrected chi connectivity index (χ0v) is 13.6. The summed E-state index contributed by atoms with van der Waals surface area (Å²) in [5.41, 5.74) is 0.710. The van der Waals surface area contributed by atoms with Gasteiger partial charge in [-0.2, -0.15) is 0 Å². The lowest BCUT2D eigenvalue weighted by atomic mass is 10.1. The van der Waals surface area contributed by atoms with Crippen molar-refractivity contribution in [3.8, 4) is 0 Å². The highest BCUT2D eigenvalue weighted by molar-refractivity contribution is 9.10. The Balaban J connectivity index is 2.04. The van der Waals surface area contributed by atoms with Crippen LogP contribution in [0.5, 0.6) is 0 Å². The Kier molecular flexibility index (Phi) is 4.95. The molecule has 0 fully saturated rings. The van der Waals surface area contributed by atoms with Crippen LogP contribution in [0.15, 0.2) is 33.1 Å². The van der Waals surface area contributed by atoms with E-state index < -0.39 is 0 Å². The van der Waals surface area contributed by atoms with E-state index in [2.05, 4.69) is 31.4 Å². The molecule has 0 radical (unpaired) electrons. The number of hydrogen-bond donors (Lipinski definition) is 1. The number of halogens is 1. The van der Waals surface area contributed by atoms with Crippen molar-refractivity contribution in [1.29, 1.82) is 0 Å². The molecule has 0 aliphatic heterocycles. The molecular formula is C12H12BrN3OS2. The number of rotatable bonds is 5. The third-order valence-corrected chi connectivity index (χ3v) is 5.05. The van der Waals surface area contributed by atoms with Gasteiger partial charge >= 0.3 is 0 Å². The highest BCUT2D eigenvalue weighted by Crippen LogP contribution is 2.30. The fourth-order valence-electron chi connectivity index (χ4n) is 1.41. The van der Waals surface area contributed by atoms with Gasteiger partial charge in [-0.3, -0.25) is 4.79 Å². The Morgan fingerprint density at radius 2 is 2.05 bits per heavy atom. The average molecular weight is 358 g/mol. The zero-order valence-electron chi connectivity index (χ0n) is 10.4. The van der Waals surface area contributed by atoms with Crippen LogP contribution in [0, 0.1) is 0 Å². The predicted molar refractivity (Wildman–Crippen MR) is 83.2 cm³/mol. The summed E-state index contributed by atoms with van der Waals surface area (Å²) in [6.07, 6.45) is 0. The van der Waals surface area contributed by atoms with E-state index in [0.29, 0.717) is 5.56 Å². The fraction of sp³-hybridized carbons (Fsp3) is 0.250. The van der Waals surface area contributed by atoms with Gasteiger partial charge in [0.1, 0.15) is 0 Å². The average Bonchev–Trinajstić information content (AvgIpc) is 2.86. The fourth-order valence-corrected chi connectivity index (χ4v) is 3.60. The minimum Gasteiger partial charge on any atom is -0.363 e. The summed E-state index contributed by atoms with van der Waals surface area (Å²) in [6.45, 7) is 1.88. The number of aromatic nitrogens is 2. The van der Waals surface area contributed by atoms with Crippen LogP contribution in [-0.4, -0.2) is 28.3 Å². The monoisotopic (exact) mass is 357 g/mol. The van der Waals surface area contributed by atoms with Crippen molar-refractivity contribution in [2.75, 3.05) is 12.4 Å². The molecule has 0 aliphatic rings. The van der Waals surface area contributed by atoms with Crippen LogP contribution in [0.4, 0.5) is 5.13 Å². The van der Waals surface area contributed by atoms with Gasteiger partial charge in [-0.25, -0.2) is 0 Å². The largest absolute Gasteiger partial charge is 0.363 e. The maximum atomic E-state index is 12.2. The molecule has 1 heterocycles. The number of thioether (sulfide) groups is 1. The van der Waals surface area contributed by atoms with Gasteiger partial charge in [0.25, 0.3) is 0 Å². The van der Waals surface area contributed by atoms with E-state index in [1.807, 2.05) is 31.2 Å². The molecule has 1 N–H and O–H groups in total. The Hall–Kier alpha value is -0.920. The Bertz CT molecular complexity index is 571. The minimum atomic E-state index is -0.182. The molecule has 19 heavy (non-hydrogen) atoms. The summed E-state index contributed by atoms with van der Waals surface area (Å²) in [4.78, 5) is 12.2. The maximum Gasteiger partial charge on any atom is 0.206 e. The van der Waals surface area contributed by atoms with Gasteiger partial charge in [-0.05, 0) is 19.1 Å². The summed E-state index contributed by atoms with van der Waals surface area (Å²) in [6, 6.07) is 7.38. The quantitative estimate of drug-likeness (QED) is 0.652. The molecule has 1 unspecified atom stereocenters. The van der Waals surface area contributed by atoms with Gasteiger partial charge in [0, 0.05) is 17.1 Å². The highest BCUT2D eigenvalue weighted by Gasteiger charge is 2.18.